The number of rotatable bonds is 5. The van der Waals surface area contributed by atoms with E-state index in [1.165, 1.54) is 18.0 Å². The van der Waals surface area contributed by atoms with Crippen molar-refractivity contribution >= 4 is 27.9 Å². The van der Waals surface area contributed by atoms with Gasteiger partial charge in [-0.3, -0.25) is 9.48 Å². The van der Waals surface area contributed by atoms with Gasteiger partial charge in [0.1, 0.15) is 14.9 Å². The van der Waals surface area contributed by atoms with Crippen molar-refractivity contribution in [2.75, 3.05) is 17.8 Å². The van der Waals surface area contributed by atoms with Gasteiger partial charge in [-0.2, -0.15) is 5.10 Å². The highest BCUT2D eigenvalue weighted by Crippen LogP contribution is 2.23. The second-order valence-corrected chi connectivity index (χ2v) is 6.87. The standard InChI is InChI=1S/C9H14N2O3S2/c1-7-8(6-12)9(11(2)10-7)15-4-5-16(3,13)14/h6H,4-5H2,1-3H3. The summed E-state index contributed by atoms with van der Waals surface area (Å²) in [4.78, 5) is 10.8. The minimum atomic E-state index is -2.96. The van der Waals surface area contributed by atoms with Crippen molar-refractivity contribution in [3.8, 4) is 0 Å². The maximum Gasteiger partial charge on any atom is 0.154 e. The number of carbonyl (C=O) groups is 1. The van der Waals surface area contributed by atoms with E-state index in [0.29, 0.717) is 17.0 Å². The molecule has 0 unspecified atom stereocenters. The number of carbonyl (C=O) groups excluding carboxylic acids is 1. The van der Waals surface area contributed by atoms with Crippen LogP contribution in [-0.2, 0) is 16.9 Å². The van der Waals surface area contributed by atoms with E-state index in [4.69, 9.17) is 0 Å². The second kappa shape index (κ2) is 5.01. The predicted octanol–water partition coefficient (Wildman–Crippen LogP) is 0.678. The molecule has 90 valence electrons. The molecule has 0 amide bonds. The SMILES string of the molecule is Cc1nn(C)c(SCCS(C)(=O)=O)c1C=O. The molecule has 0 aliphatic carbocycles. The van der Waals surface area contributed by atoms with Crippen molar-refractivity contribution in [2.45, 2.75) is 11.9 Å². The Bertz CT molecular complexity index is 491. The van der Waals surface area contributed by atoms with E-state index >= 15 is 0 Å². The first-order chi connectivity index (χ1) is 7.35. The third-order valence-electron chi connectivity index (χ3n) is 2.02. The van der Waals surface area contributed by atoms with Crippen LogP contribution in [0.5, 0.6) is 0 Å². The van der Waals surface area contributed by atoms with E-state index < -0.39 is 9.84 Å². The van der Waals surface area contributed by atoms with Crippen molar-refractivity contribution in [1.29, 1.82) is 0 Å². The van der Waals surface area contributed by atoms with Gasteiger partial charge in [0, 0.05) is 19.1 Å². The number of hydrogen-bond donors (Lipinski definition) is 0. The van der Waals surface area contributed by atoms with E-state index in [-0.39, 0.29) is 5.75 Å². The second-order valence-electron chi connectivity index (χ2n) is 3.52. The zero-order valence-electron chi connectivity index (χ0n) is 9.43. The zero-order valence-corrected chi connectivity index (χ0v) is 11.1. The van der Waals surface area contributed by atoms with E-state index in [2.05, 4.69) is 5.10 Å². The molecule has 1 aromatic rings. The Kier molecular flexibility index (Phi) is 4.15. The van der Waals surface area contributed by atoms with E-state index in [0.717, 1.165) is 11.3 Å². The summed E-state index contributed by atoms with van der Waals surface area (Å²) < 4.78 is 23.5. The summed E-state index contributed by atoms with van der Waals surface area (Å²) in [6, 6.07) is 0. The lowest BCUT2D eigenvalue weighted by molar-refractivity contribution is 0.112. The van der Waals surface area contributed by atoms with Crippen molar-refractivity contribution in [1.82, 2.24) is 9.78 Å². The molecule has 0 aromatic carbocycles. The molecule has 0 aliphatic rings. The molecule has 16 heavy (non-hydrogen) atoms. The maximum absolute atomic E-state index is 11.0. The average molecular weight is 262 g/mol. The van der Waals surface area contributed by atoms with Gasteiger partial charge in [0.25, 0.3) is 0 Å². The number of aromatic nitrogens is 2. The molecule has 0 saturated heterocycles. The minimum Gasteiger partial charge on any atom is -0.298 e. The van der Waals surface area contributed by atoms with Crippen molar-refractivity contribution in [3.63, 3.8) is 0 Å². The van der Waals surface area contributed by atoms with Crippen molar-refractivity contribution in [3.05, 3.63) is 11.3 Å². The van der Waals surface area contributed by atoms with Gasteiger partial charge in [0.05, 0.1) is 17.0 Å². The van der Waals surface area contributed by atoms with Crippen molar-refractivity contribution < 1.29 is 13.2 Å². The Morgan fingerprint density at radius 1 is 1.50 bits per heavy atom. The number of hydrogen-bond acceptors (Lipinski definition) is 5. The molecule has 0 aliphatic heterocycles. The molecular formula is C9H14N2O3S2. The highest BCUT2D eigenvalue weighted by atomic mass is 32.2. The van der Waals surface area contributed by atoms with Crippen LogP contribution in [0.4, 0.5) is 0 Å². The van der Waals surface area contributed by atoms with Gasteiger partial charge in [0.2, 0.25) is 0 Å². The monoisotopic (exact) mass is 262 g/mol. The summed E-state index contributed by atoms with van der Waals surface area (Å²) in [6.45, 7) is 1.75. The summed E-state index contributed by atoms with van der Waals surface area (Å²) in [5.41, 5.74) is 1.21. The number of aryl methyl sites for hydroxylation is 2. The molecule has 0 fully saturated rings. The molecule has 1 heterocycles. The largest absolute Gasteiger partial charge is 0.298 e. The fourth-order valence-electron chi connectivity index (χ4n) is 1.25. The molecular weight excluding hydrogens is 248 g/mol. The van der Waals surface area contributed by atoms with Crippen LogP contribution in [0.2, 0.25) is 0 Å². The summed E-state index contributed by atoms with van der Waals surface area (Å²) in [7, 11) is -1.22. The van der Waals surface area contributed by atoms with E-state index in [9.17, 15) is 13.2 Å². The van der Waals surface area contributed by atoms with Gasteiger partial charge in [-0.1, -0.05) is 0 Å². The van der Waals surface area contributed by atoms with Gasteiger partial charge >= 0.3 is 0 Å². The lowest BCUT2D eigenvalue weighted by atomic mass is 10.3. The third kappa shape index (κ3) is 3.34. The summed E-state index contributed by atoms with van der Waals surface area (Å²) >= 11 is 1.34. The minimum absolute atomic E-state index is 0.0974. The Morgan fingerprint density at radius 2 is 2.12 bits per heavy atom. The molecule has 0 bridgehead atoms. The summed E-state index contributed by atoms with van der Waals surface area (Å²) in [5, 5.41) is 4.83. The molecule has 0 atom stereocenters. The molecule has 0 saturated carbocycles. The number of aldehydes is 1. The lowest BCUT2D eigenvalue weighted by Gasteiger charge is -2.02. The Balaban J connectivity index is 2.78. The lowest BCUT2D eigenvalue weighted by Crippen LogP contribution is -2.06. The van der Waals surface area contributed by atoms with Crippen LogP contribution in [0.1, 0.15) is 16.1 Å². The van der Waals surface area contributed by atoms with Gasteiger partial charge in [-0.05, 0) is 6.92 Å². The smallest absolute Gasteiger partial charge is 0.154 e. The van der Waals surface area contributed by atoms with Crippen molar-refractivity contribution in [2.24, 2.45) is 7.05 Å². The Morgan fingerprint density at radius 3 is 2.62 bits per heavy atom. The van der Waals surface area contributed by atoms with Crippen LogP contribution in [-0.4, -0.2) is 42.2 Å². The molecule has 5 nitrogen and oxygen atoms in total. The van der Waals surface area contributed by atoms with Gasteiger partial charge in [-0.15, -0.1) is 11.8 Å². The fraction of sp³-hybridized carbons (Fsp3) is 0.556. The summed E-state index contributed by atoms with van der Waals surface area (Å²) in [6.07, 6.45) is 1.95. The van der Waals surface area contributed by atoms with Crippen LogP contribution >= 0.6 is 11.8 Å². The normalized spacial score (nSPS) is 11.7. The number of thioether (sulfide) groups is 1. The van der Waals surface area contributed by atoms with Gasteiger partial charge in [0.15, 0.2) is 6.29 Å². The highest BCUT2D eigenvalue weighted by molar-refractivity contribution is 8.00. The van der Waals surface area contributed by atoms with Crippen LogP contribution in [0, 0.1) is 6.92 Å². The Labute approximate surface area is 99.1 Å². The van der Waals surface area contributed by atoms with Crippen LogP contribution in [0.25, 0.3) is 0 Å². The van der Waals surface area contributed by atoms with Gasteiger partial charge in [-0.25, -0.2) is 8.42 Å². The van der Waals surface area contributed by atoms with Gasteiger partial charge < -0.3 is 0 Å². The highest BCUT2D eigenvalue weighted by Gasteiger charge is 2.13. The maximum atomic E-state index is 11.0. The van der Waals surface area contributed by atoms with E-state index in [1.54, 1.807) is 18.7 Å². The molecule has 0 radical (unpaired) electrons. The van der Waals surface area contributed by atoms with Crippen LogP contribution in [0.15, 0.2) is 5.03 Å². The first-order valence-electron chi connectivity index (χ1n) is 4.64. The topological polar surface area (TPSA) is 69.0 Å². The fourth-order valence-corrected chi connectivity index (χ4v) is 3.57. The molecule has 1 rings (SSSR count). The molecule has 7 heteroatoms. The third-order valence-corrected chi connectivity index (χ3v) is 4.39. The van der Waals surface area contributed by atoms with Crippen LogP contribution in [0.3, 0.4) is 0 Å². The first kappa shape index (κ1) is 13.2. The first-order valence-corrected chi connectivity index (χ1v) is 7.69. The Hall–Kier alpha value is -0.820. The average Bonchev–Trinajstić information content (AvgIpc) is 2.39. The molecule has 0 spiro atoms. The number of nitrogens with zero attached hydrogens (tertiary/aromatic N) is 2. The molecule has 0 N–H and O–H groups in total. The number of sulfone groups is 1. The van der Waals surface area contributed by atoms with E-state index in [1.807, 2.05) is 0 Å². The molecule has 1 aromatic heterocycles. The quantitative estimate of drug-likeness (QED) is 0.576. The predicted molar refractivity (Wildman–Crippen MR) is 63.8 cm³/mol. The summed E-state index contributed by atoms with van der Waals surface area (Å²) in [5.74, 6) is 0.527. The van der Waals surface area contributed by atoms with Crippen LogP contribution < -0.4 is 0 Å². The zero-order chi connectivity index (χ0) is 12.3.